The van der Waals surface area contributed by atoms with Crippen molar-refractivity contribution in [2.75, 3.05) is 26.3 Å². The smallest absolute Gasteiger partial charge is 0.306 e. The highest BCUT2D eigenvalue weighted by atomic mass is 19.1. The van der Waals surface area contributed by atoms with E-state index in [1.165, 1.54) is 0 Å². The summed E-state index contributed by atoms with van der Waals surface area (Å²) in [6.07, 6.45) is 3.88. The number of likely N-dealkylation sites (tertiary alicyclic amines) is 1. The van der Waals surface area contributed by atoms with E-state index in [1.807, 2.05) is 43.3 Å². The number of ether oxygens (including phenoxy) is 2. The number of esters is 1. The third-order valence-electron chi connectivity index (χ3n) is 6.82. The quantitative estimate of drug-likeness (QED) is 0.397. The molecule has 0 aromatic heterocycles. The Balaban J connectivity index is 1.53. The third kappa shape index (κ3) is 8.13. The number of benzene rings is 2. The highest BCUT2D eigenvalue weighted by molar-refractivity contribution is 5.69. The van der Waals surface area contributed by atoms with Crippen LogP contribution in [-0.2, 0) is 27.1 Å². The predicted octanol–water partition coefficient (Wildman–Crippen LogP) is 5.17. The highest BCUT2D eigenvalue weighted by Crippen LogP contribution is 2.27. The van der Waals surface area contributed by atoms with Crippen molar-refractivity contribution in [2.24, 2.45) is 0 Å². The molecule has 2 aromatic carbocycles. The van der Waals surface area contributed by atoms with Gasteiger partial charge in [0, 0.05) is 19.0 Å². The number of β-amino-alcohol motifs (C(OH)–C–C–N with tert-alkyl or cyclic N) is 1. The third-order valence-corrected chi connectivity index (χ3v) is 6.82. The maximum absolute atomic E-state index is 14.0. The van der Waals surface area contributed by atoms with Gasteiger partial charge in [-0.05, 0) is 80.8 Å². The lowest BCUT2D eigenvalue weighted by molar-refractivity contribution is -0.143. The Morgan fingerprint density at radius 3 is 2.77 bits per heavy atom. The van der Waals surface area contributed by atoms with E-state index in [9.17, 15) is 14.3 Å². The highest BCUT2D eigenvalue weighted by Gasteiger charge is 2.27. The summed E-state index contributed by atoms with van der Waals surface area (Å²) in [5.74, 6) is -0.353. The predicted molar refractivity (Wildman–Crippen MR) is 136 cm³/mol. The molecule has 0 spiro atoms. The van der Waals surface area contributed by atoms with Crippen LogP contribution in [0.5, 0.6) is 0 Å². The molecule has 3 rings (SSSR count). The molecule has 1 saturated heterocycles. The summed E-state index contributed by atoms with van der Waals surface area (Å²) in [5.41, 5.74) is 3.80. The largest absolute Gasteiger partial charge is 0.466 e. The number of aryl methyl sites for hydroxylation is 2. The number of carbonyl (C=O) groups is 1. The first-order valence-corrected chi connectivity index (χ1v) is 12.9. The summed E-state index contributed by atoms with van der Waals surface area (Å²) in [5, 5.41) is 10.8. The molecule has 0 radical (unpaired) electrons. The van der Waals surface area contributed by atoms with Gasteiger partial charge >= 0.3 is 5.97 Å². The van der Waals surface area contributed by atoms with Gasteiger partial charge in [-0.2, -0.15) is 0 Å². The number of hydrogen-bond acceptors (Lipinski definition) is 5. The van der Waals surface area contributed by atoms with Gasteiger partial charge in [0.05, 0.1) is 25.4 Å². The lowest BCUT2D eigenvalue weighted by Crippen LogP contribution is -2.39. The van der Waals surface area contributed by atoms with Crippen LogP contribution in [0.25, 0.3) is 0 Å². The van der Waals surface area contributed by atoms with E-state index < -0.39 is 6.10 Å². The van der Waals surface area contributed by atoms with Crippen molar-refractivity contribution in [3.05, 3.63) is 70.5 Å². The standard InChI is InChI=1S/C29H40FNO4/c1-4-28(26-11-7-6-9-23(26)14-15-29(33)34-5-2)35-20-25(32)19-31-16-8-10-24(31)17-22-13-12-21(3)27(30)18-22/h6-7,9,11-13,18,24-25,28,32H,4-5,8,10,14-17,19-20H2,1-3H3/t24-,25+,28+/m0/s1. The van der Waals surface area contributed by atoms with Crippen LogP contribution in [0.4, 0.5) is 4.39 Å². The van der Waals surface area contributed by atoms with Gasteiger partial charge in [-0.15, -0.1) is 0 Å². The lowest BCUT2D eigenvalue weighted by Gasteiger charge is -2.28. The molecule has 0 saturated carbocycles. The second-order valence-corrected chi connectivity index (χ2v) is 9.47. The molecule has 3 atom stereocenters. The average Bonchev–Trinajstić information content (AvgIpc) is 3.27. The Kier molecular flexibility index (Phi) is 10.7. The van der Waals surface area contributed by atoms with Crippen molar-refractivity contribution < 1.29 is 23.8 Å². The molecule has 0 unspecified atom stereocenters. The van der Waals surface area contributed by atoms with Crippen molar-refractivity contribution in [3.8, 4) is 0 Å². The number of hydrogen-bond donors (Lipinski definition) is 1. The van der Waals surface area contributed by atoms with Gasteiger partial charge < -0.3 is 14.6 Å². The fraction of sp³-hybridized carbons (Fsp3) is 0.552. The number of rotatable bonds is 13. The molecule has 2 aromatic rings. The molecule has 35 heavy (non-hydrogen) atoms. The SMILES string of the molecule is CCOC(=O)CCc1ccccc1[C@@H](CC)OC[C@H](O)CN1CCC[C@H]1Cc1ccc(C)c(F)c1. The molecule has 1 fully saturated rings. The first-order valence-electron chi connectivity index (χ1n) is 12.9. The second-order valence-electron chi connectivity index (χ2n) is 9.47. The van der Waals surface area contributed by atoms with Crippen molar-refractivity contribution in [2.45, 2.75) is 77.5 Å². The molecule has 192 valence electrons. The number of carbonyl (C=O) groups excluding carboxylic acids is 1. The van der Waals surface area contributed by atoms with Gasteiger partial charge in [-0.3, -0.25) is 9.69 Å². The van der Waals surface area contributed by atoms with Crippen LogP contribution in [0.2, 0.25) is 0 Å². The van der Waals surface area contributed by atoms with Gasteiger partial charge in [-0.25, -0.2) is 4.39 Å². The number of aliphatic hydroxyl groups excluding tert-OH is 1. The van der Waals surface area contributed by atoms with Crippen LogP contribution >= 0.6 is 0 Å². The zero-order chi connectivity index (χ0) is 25.2. The first kappa shape index (κ1) is 27.3. The van der Waals surface area contributed by atoms with Gasteiger partial charge in [0.15, 0.2) is 0 Å². The summed E-state index contributed by atoms with van der Waals surface area (Å²) in [7, 11) is 0. The van der Waals surface area contributed by atoms with Crippen LogP contribution < -0.4 is 0 Å². The maximum Gasteiger partial charge on any atom is 0.306 e. The van der Waals surface area contributed by atoms with Crippen molar-refractivity contribution in [3.63, 3.8) is 0 Å². The van der Waals surface area contributed by atoms with E-state index in [-0.39, 0.29) is 24.5 Å². The normalized spacial score (nSPS) is 17.9. The van der Waals surface area contributed by atoms with E-state index in [2.05, 4.69) is 11.8 Å². The molecule has 0 amide bonds. The first-order chi connectivity index (χ1) is 16.9. The zero-order valence-electron chi connectivity index (χ0n) is 21.3. The zero-order valence-corrected chi connectivity index (χ0v) is 21.3. The van der Waals surface area contributed by atoms with Crippen molar-refractivity contribution in [1.29, 1.82) is 0 Å². The molecule has 1 aliphatic heterocycles. The molecule has 1 aliphatic rings. The van der Waals surface area contributed by atoms with E-state index in [0.717, 1.165) is 48.9 Å². The monoisotopic (exact) mass is 485 g/mol. The molecule has 6 heteroatoms. The van der Waals surface area contributed by atoms with Gasteiger partial charge in [-0.1, -0.05) is 43.3 Å². The lowest BCUT2D eigenvalue weighted by atomic mass is 9.97. The minimum Gasteiger partial charge on any atom is -0.466 e. The summed E-state index contributed by atoms with van der Waals surface area (Å²) in [6.45, 7) is 7.76. The van der Waals surface area contributed by atoms with Crippen LogP contribution in [-0.4, -0.2) is 54.4 Å². The maximum atomic E-state index is 14.0. The molecule has 1 heterocycles. The fourth-order valence-corrected chi connectivity index (χ4v) is 4.93. The van der Waals surface area contributed by atoms with Crippen molar-refractivity contribution >= 4 is 5.97 Å². The van der Waals surface area contributed by atoms with E-state index in [1.54, 1.807) is 13.0 Å². The Bertz CT molecular complexity index is 950. The molecule has 0 aliphatic carbocycles. The summed E-state index contributed by atoms with van der Waals surface area (Å²) in [6, 6.07) is 13.8. The fourth-order valence-electron chi connectivity index (χ4n) is 4.93. The second kappa shape index (κ2) is 13.7. The minimum absolute atomic E-state index is 0.145. The molecular weight excluding hydrogens is 445 g/mol. The van der Waals surface area contributed by atoms with E-state index in [4.69, 9.17) is 9.47 Å². The number of aliphatic hydroxyl groups is 1. The van der Waals surface area contributed by atoms with E-state index >= 15 is 0 Å². The van der Waals surface area contributed by atoms with Crippen LogP contribution in [0, 0.1) is 12.7 Å². The van der Waals surface area contributed by atoms with Crippen LogP contribution in [0.1, 0.15) is 67.9 Å². The minimum atomic E-state index is -0.605. The summed E-state index contributed by atoms with van der Waals surface area (Å²) >= 11 is 0. The molecule has 5 nitrogen and oxygen atoms in total. The number of nitrogens with zero attached hydrogens (tertiary/aromatic N) is 1. The topological polar surface area (TPSA) is 59.0 Å². The average molecular weight is 486 g/mol. The molecular formula is C29H40FNO4. The van der Waals surface area contributed by atoms with Gasteiger partial charge in [0.25, 0.3) is 0 Å². The van der Waals surface area contributed by atoms with Gasteiger partial charge in [0.2, 0.25) is 0 Å². The molecule has 1 N–H and O–H groups in total. The van der Waals surface area contributed by atoms with E-state index in [0.29, 0.717) is 37.6 Å². The van der Waals surface area contributed by atoms with Crippen LogP contribution in [0.15, 0.2) is 42.5 Å². The molecule has 0 bridgehead atoms. The van der Waals surface area contributed by atoms with Crippen molar-refractivity contribution in [1.82, 2.24) is 4.90 Å². The summed E-state index contributed by atoms with van der Waals surface area (Å²) in [4.78, 5) is 14.1. The Morgan fingerprint density at radius 2 is 2.03 bits per heavy atom. The number of halogens is 1. The summed E-state index contributed by atoms with van der Waals surface area (Å²) < 4.78 is 25.2. The Hall–Kier alpha value is -2.28. The Labute approximate surface area is 209 Å². The Morgan fingerprint density at radius 1 is 1.23 bits per heavy atom. The van der Waals surface area contributed by atoms with Crippen LogP contribution in [0.3, 0.4) is 0 Å². The van der Waals surface area contributed by atoms with Gasteiger partial charge in [0.1, 0.15) is 5.82 Å².